The average Bonchev–Trinajstić information content (AvgIpc) is 2.93. The molecule has 19 heavy (non-hydrogen) atoms. The molecule has 0 atom stereocenters. The Morgan fingerprint density at radius 3 is 2.74 bits per heavy atom. The van der Waals surface area contributed by atoms with Gasteiger partial charge in [-0.25, -0.2) is 9.97 Å². The SMILES string of the molecule is Cc1nc(N)c2c(C)c(C)n(Cc3ccon3)c2n1. The van der Waals surface area contributed by atoms with Crippen molar-refractivity contribution in [3.05, 3.63) is 35.1 Å². The van der Waals surface area contributed by atoms with Crippen molar-refractivity contribution in [2.45, 2.75) is 27.3 Å². The number of aromatic nitrogens is 4. The van der Waals surface area contributed by atoms with Crippen molar-refractivity contribution in [2.24, 2.45) is 0 Å². The molecule has 0 spiro atoms. The van der Waals surface area contributed by atoms with Gasteiger partial charge in [0.05, 0.1) is 11.9 Å². The van der Waals surface area contributed by atoms with Crippen LogP contribution < -0.4 is 5.73 Å². The zero-order valence-electron chi connectivity index (χ0n) is 11.1. The zero-order valence-corrected chi connectivity index (χ0v) is 11.1. The number of rotatable bonds is 2. The fraction of sp³-hybridized carbons (Fsp3) is 0.308. The van der Waals surface area contributed by atoms with Crippen LogP contribution in [-0.2, 0) is 6.54 Å². The van der Waals surface area contributed by atoms with Gasteiger partial charge in [0.2, 0.25) is 0 Å². The van der Waals surface area contributed by atoms with Crippen LogP contribution in [-0.4, -0.2) is 19.7 Å². The molecule has 0 aliphatic carbocycles. The fourth-order valence-electron chi connectivity index (χ4n) is 2.35. The van der Waals surface area contributed by atoms with E-state index in [2.05, 4.69) is 19.7 Å². The summed E-state index contributed by atoms with van der Waals surface area (Å²) in [7, 11) is 0. The van der Waals surface area contributed by atoms with E-state index in [0.717, 1.165) is 28.0 Å². The molecular formula is C13H15N5O. The summed E-state index contributed by atoms with van der Waals surface area (Å²) in [6.07, 6.45) is 1.57. The molecule has 3 heterocycles. The Morgan fingerprint density at radius 2 is 2.05 bits per heavy atom. The normalized spacial score (nSPS) is 11.3. The number of anilines is 1. The Bertz CT molecular complexity index is 742. The van der Waals surface area contributed by atoms with E-state index in [1.807, 2.05) is 26.8 Å². The van der Waals surface area contributed by atoms with Crippen LogP contribution in [0.3, 0.4) is 0 Å². The smallest absolute Gasteiger partial charge is 0.146 e. The van der Waals surface area contributed by atoms with Gasteiger partial charge in [-0.05, 0) is 26.3 Å². The number of nitrogens with two attached hydrogens (primary N) is 1. The first-order valence-corrected chi connectivity index (χ1v) is 6.06. The van der Waals surface area contributed by atoms with E-state index in [1.165, 1.54) is 0 Å². The summed E-state index contributed by atoms with van der Waals surface area (Å²) in [5.74, 6) is 1.20. The molecule has 0 unspecified atom stereocenters. The molecule has 3 aromatic heterocycles. The highest BCUT2D eigenvalue weighted by atomic mass is 16.5. The third-order valence-electron chi connectivity index (χ3n) is 3.42. The van der Waals surface area contributed by atoms with E-state index in [9.17, 15) is 0 Å². The van der Waals surface area contributed by atoms with Crippen LogP contribution in [0.4, 0.5) is 5.82 Å². The number of fused-ring (bicyclic) bond motifs is 1. The molecule has 98 valence electrons. The topological polar surface area (TPSA) is 82.8 Å². The summed E-state index contributed by atoms with van der Waals surface area (Å²) in [6.45, 7) is 6.54. The number of hydrogen-bond acceptors (Lipinski definition) is 5. The first-order chi connectivity index (χ1) is 9.08. The standard InChI is InChI=1S/C13H15N5O/c1-7-8(2)18(6-10-4-5-19-17-10)13-11(7)12(14)15-9(3)16-13/h4-5H,6H2,1-3H3,(H2,14,15,16). The third kappa shape index (κ3) is 1.76. The van der Waals surface area contributed by atoms with Gasteiger partial charge in [0, 0.05) is 11.8 Å². The average molecular weight is 257 g/mol. The van der Waals surface area contributed by atoms with Crippen molar-refractivity contribution >= 4 is 16.9 Å². The molecule has 0 saturated carbocycles. The van der Waals surface area contributed by atoms with Gasteiger partial charge in [-0.3, -0.25) is 0 Å². The number of aryl methyl sites for hydroxylation is 2. The second kappa shape index (κ2) is 4.08. The monoisotopic (exact) mass is 257 g/mol. The summed E-state index contributed by atoms with van der Waals surface area (Å²) in [5.41, 5.74) is 9.94. The van der Waals surface area contributed by atoms with Crippen molar-refractivity contribution in [1.82, 2.24) is 19.7 Å². The Labute approximate surface area is 110 Å². The lowest BCUT2D eigenvalue weighted by molar-refractivity contribution is 0.409. The van der Waals surface area contributed by atoms with Gasteiger partial charge in [-0.2, -0.15) is 0 Å². The summed E-state index contributed by atoms with van der Waals surface area (Å²) in [5, 5.41) is 4.87. The Balaban J connectivity index is 2.26. The van der Waals surface area contributed by atoms with E-state index in [0.29, 0.717) is 18.2 Å². The van der Waals surface area contributed by atoms with Gasteiger partial charge in [0.25, 0.3) is 0 Å². The van der Waals surface area contributed by atoms with Crippen LogP contribution in [0.1, 0.15) is 22.8 Å². The van der Waals surface area contributed by atoms with E-state index >= 15 is 0 Å². The molecule has 0 radical (unpaired) electrons. The molecule has 0 saturated heterocycles. The number of nitrogen functional groups attached to an aromatic ring is 1. The summed E-state index contributed by atoms with van der Waals surface area (Å²) in [4.78, 5) is 8.75. The Kier molecular flexibility index (Phi) is 2.51. The first kappa shape index (κ1) is 11.7. The van der Waals surface area contributed by atoms with E-state index in [1.54, 1.807) is 6.26 Å². The van der Waals surface area contributed by atoms with Crippen LogP contribution in [0.15, 0.2) is 16.9 Å². The van der Waals surface area contributed by atoms with Gasteiger partial charge in [0.1, 0.15) is 29.2 Å². The molecule has 0 bridgehead atoms. The van der Waals surface area contributed by atoms with Crippen LogP contribution in [0, 0.1) is 20.8 Å². The maximum Gasteiger partial charge on any atom is 0.146 e. The maximum atomic E-state index is 6.01. The lowest BCUT2D eigenvalue weighted by Crippen LogP contribution is -2.04. The lowest BCUT2D eigenvalue weighted by atomic mass is 10.2. The van der Waals surface area contributed by atoms with Gasteiger partial charge in [-0.15, -0.1) is 0 Å². The highest BCUT2D eigenvalue weighted by molar-refractivity contribution is 5.91. The molecule has 3 aromatic rings. The fourth-order valence-corrected chi connectivity index (χ4v) is 2.35. The second-order valence-corrected chi connectivity index (χ2v) is 4.64. The first-order valence-electron chi connectivity index (χ1n) is 6.06. The van der Waals surface area contributed by atoms with Crippen molar-refractivity contribution < 1.29 is 4.52 Å². The van der Waals surface area contributed by atoms with Crippen LogP contribution in [0.25, 0.3) is 11.0 Å². The number of nitrogens with zero attached hydrogens (tertiary/aromatic N) is 4. The molecule has 3 rings (SSSR count). The van der Waals surface area contributed by atoms with Gasteiger partial charge in [0.15, 0.2) is 0 Å². The molecule has 6 heteroatoms. The molecule has 0 aliphatic heterocycles. The van der Waals surface area contributed by atoms with Crippen LogP contribution in [0.5, 0.6) is 0 Å². The van der Waals surface area contributed by atoms with Gasteiger partial charge >= 0.3 is 0 Å². The predicted octanol–water partition coefficient (Wildman–Crippen LogP) is 1.98. The van der Waals surface area contributed by atoms with Gasteiger partial charge < -0.3 is 14.8 Å². The minimum atomic E-state index is 0.530. The lowest BCUT2D eigenvalue weighted by Gasteiger charge is -2.05. The molecule has 0 aromatic carbocycles. The van der Waals surface area contributed by atoms with Crippen LogP contribution >= 0.6 is 0 Å². The second-order valence-electron chi connectivity index (χ2n) is 4.64. The zero-order chi connectivity index (χ0) is 13.6. The molecular weight excluding hydrogens is 242 g/mol. The van der Waals surface area contributed by atoms with Crippen molar-refractivity contribution in [2.75, 3.05) is 5.73 Å². The molecule has 6 nitrogen and oxygen atoms in total. The minimum absolute atomic E-state index is 0.530. The molecule has 2 N–H and O–H groups in total. The van der Waals surface area contributed by atoms with E-state index in [-0.39, 0.29) is 0 Å². The summed E-state index contributed by atoms with van der Waals surface area (Å²) in [6, 6.07) is 1.85. The third-order valence-corrected chi connectivity index (χ3v) is 3.42. The minimum Gasteiger partial charge on any atom is -0.383 e. The summed E-state index contributed by atoms with van der Waals surface area (Å²) >= 11 is 0. The quantitative estimate of drug-likeness (QED) is 0.759. The van der Waals surface area contributed by atoms with Crippen molar-refractivity contribution in [3.8, 4) is 0 Å². The maximum absolute atomic E-state index is 6.01. The molecule has 0 fully saturated rings. The molecule has 0 aliphatic rings. The summed E-state index contributed by atoms with van der Waals surface area (Å²) < 4.78 is 6.96. The number of hydrogen-bond donors (Lipinski definition) is 1. The highest BCUT2D eigenvalue weighted by Gasteiger charge is 2.16. The van der Waals surface area contributed by atoms with Crippen LogP contribution in [0.2, 0.25) is 0 Å². The van der Waals surface area contributed by atoms with Gasteiger partial charge in [-0.1, -0.05) is 5.16 Å². The van der Waals surface area contributed by atoms with E-state index < -0.39 is 0 Å². The highest BCUT2D eigenvalue weighted by Crippen LogP contribution is 2.28. The van der Waals surface area contributed by atoms with E-state index in [4.69, 9.17) is 10.3 Å². The predicted molar refractivity (Wildman–Crippen MR) is 71.8 cm³/mol. The largest absolute Gasteiger partial charge is 0.383 e. The Hall–Kier alpha value is -2.37. The van der Waals surface area contributed by atoms with Crippen molar-refractivity contribution in [3.63, 3.8) is 0 Å². The van der Waals surface area contributed by atoms with Crippen molar-refractivity contribution in [1.29, 1.82) is 0 Å². The molecule has 0 amide bonds. The Morgan fingerprint density at radius 1 is 1.26 bits per heavy atom.